The molecule has 2 N–H and O–H groups in total. The van der Waals surface area contributed by atoms with Gasteiger partial charge in [0.25, 0.3) is 0 Å². The van der Waals surface area contributed by atoms with Crippen LogP contribution >= 0.6 is 0 Å². The zero-order valence-corrected chi connectivity index (χ0v) is 6.73. The first-order valence-corrected chi connectivity index (χ1v) is 4.22. The molecular formula is C5H5N3OSe. The zero-order valence-electron chi connectivity index (χ0n) is 5.02. The Bertz CT molecular complexity index is 226. The number of nitrogens with two attached hydrogens (primary N) is 1. The fourth-order valence-corrected chi connectivity index (χ4v) is 1.42. The van der Waals surface area contributed by atoms with E-state index in [2.05, 4.69) is 9.97 Å². The van der Waals surface area contributed by atoms with Gasteiger partial charge in [0.05, 0.1) is 0 Å². The topological polar surface area (TPSA) is 68.9 Å². The average Bonchev–Trinajstić information content (AvgIpc) is 1.88. The number of hydrogen-bond donors (Lipinski definition) is 1. The number of nitrogens with zero attached hydrogens (tertiary/aromatic N) is 2. The minimum atomic E-state index is -0.318. The molecular weight excluding hydrogens is 197 g/mol. The van der Waals surface area contributed by atoms with Crippen molar-refractivity contribution in [2.75, 3.05) is 0 Å². The molecule has 0 unspecified atom stereocenters. The molecule has 0 aliphatic carbocycles. The Morgan fingerprint density at radius 3 is 2.60 bits per heavy atom. The second-order valence-corrected chi connectivity index (χ2v) is 3.76. The molecule has 0 spiro atoms. The van der Waals surface area contributed by atoms with Gasteiger partial charge in [0.15, 0.2) is 0 Å². The van der Waals surface area contributed by atoms with Gasteiger partial charge in [0, 0.05) is 0 Å². The number of hydrogen-bond acceptors (Lipinski definition) is 3. The second kappa shape index (κ2) is 3.29. The van der Waals surface area contributed by atoms with Gasteiger partial charge < -0.3 is 0 Å². The van der Waals surface area contributed by atoms with E-state index >= 15 is 0 Å². The van der Waals surface area contributed by atoms with Crippen molar-refractivity contribution in [2.24, 2.45) is 5.73 Å². The van der Waals surface area contributed by atoms with E-state index in [1.807, 2.05) is 0 Å². The van der Waals surface area contributed by atoms with Gasteiger partial charge in [-0.05, 0) is 0 Å². The first kappa shape index (κ1) is 7.18. The molecule has 0 aliphatic rings. The maximum atomic E-state index is 10.4. The van der Waals surface area contributed by atoms with Crippen molar-refractivity contribution in [1.29, 1.82) is 0 Å². The molecule has 1 heterocycles. The van der Waals surface area contributed by atoms with E-state index in [9.17, 15) is 4.79 Å². The third kappa shape index (κ3) is 2.13. The molecule has 4 nitrogen and oxygen atoms in total. The molecule has 0 aliphatic heterocycles. The molecule has 1 aromatic rings. The number of rotatable bonds is 2. The van der Waals surface area contributed by atoms with Crippen LogP contribution in [0.2, 0.25) is 0 Å². The first-order valence-electron chi connectivity index (χ1n) is 2.51. The van der Waals surface area contributed by atoms with Crippen molar-refractivity contribution >= 4 is 24.2 Å². The Balaban J connectivity index is 2.67. The van der Waals surface area contributed by atoms with Gasteiger partial charge >= 0.3 is 63.4 Å². The van der Waals surface area contributed by atoms with Crippen molar-refractivity contribution in [3.63, 3.8) is 0 Å². The van der Waals surface area contributed by atoms with Crippen LogP contribution in [0.3, 0.4) is 0 Å². The Hall–Kier alpha value is -0.931. The molecule has 52 valence electrons. The fraction of sp³-hybridized carbons (Fsp3) is 0. The van der Waals surface area contributed by atoms with E-state index in [4.69, 9.17) is 5.73 Å². The molecule has 1 aromatic heterocycles. The van der Waals surface area contributed by atoms with Crippen molar-refractivity contribution in [2.45, 2.75) is 0 Å². The van der Waals surface area contributed by atoms with Crippen LogP contribution < -0.4 is 10.2 Å². The first-order chi connectivity index (χ1) is 4.79. The molecule has 0 bridgehead atoms. The van der Waals surface area contributed by atoms with E-state index in [1.54, 1.807) is 12.4 Å². The number of aromatic nitrogens is 2. The Morgan fingerprint density at radius 1 is 1.50 bits per heavy atom. The van der Waals surface area contributed by atoms with Gasteiger partial charge in [0.2, 0.25) is 0 Å². The van der Waals surface area contributed by atoms with E-state index < -0.39 is 0 Å². The van der Waals surface area contributed by atoms with Gasteiger partial charge in [0.1, 0.15) is 0 Å². The van der Waals surface area contributed by atoms with Gasteiger partial charge in [-0.3, -0.25) is 0 Å². The van der Waals surface area contributed by atoms with Crippen LogP contribution in [0.15, 0.2) is 18.7 Å². The summed E-state index contributed by atoms with van der Waals surface area (Å²) in [6.45, 7) is 0. The van der Waals surface area contributed by atoms with Crippen LogP contribution in [0, 0.1) is 0 Å². The SMILES string of the molecule is NC(=O)[Se]c1cncnc1. The van der Waals surface area contributed by atoms with Crippen LogP contribution in [0.4, 0.5) is 4.79 Å². The molecule has 0 radical (unpaired) electrons. The van der Waals surface area contributed by atoms with Gasteiger partial charge in [-0.15, -0.1) is 0 Å². The molecule has 10 heavy (non-hydrogen) atoms. The Kier molecular flexibility index (Phi) is 2.36. The fourth-order valence-electron chi connectivity index (χ4n) is 0.454. The van der Waals surface area contributed by atoms with E-state index in [1.165, 1.54) is 6.33 Å². The molecule has 0 saturated carbocycles. The predicted octanol–water partition coefficient (Wildman–Crippen LogP) is -1.12. The third-order valence-corrected chi connectivity index (χ3v) is 2.11. The summed E-state index contributed by atoms with van der Waals surface area (Å²) in [5, 5.41) is 0. The van der Waals surface area contributed by atoms with Gasteiger partial charge in [-0.1, -0.05) is 0 Å². The summed E-state index contributed by atoms with van der Waals surface area (Å²) in [4.78, 5) is 17.5. The predicted molar refractivity (Wildman–Crippen MR) is 37.0 cm³/mol. The summed E-state index contributed by atoms with van der Waals surface area (Å²) in [5.41, 5.74) is 4.96. The standard InChI is InChI=1S/C5H5N3OSe/c6-5(9)10-4-1-7-3-8-2-4/h1-3H,(H2,6,9). The number of carbonyl (C=O) groups is 1. The van der Waals surface area contributed by atoms with Crippen LogP contribution in [0.1, 0.15) is 0 Å². The maximum absolute atomic E-state index is 10.4. The van der Waals surface area contributed by atoms with Crippen LogP contribution in [-0.2, 0) is 0 Å². The summed E-state index contributed by atoms with van der Waals surface area (Å²) in [6.07, 6.45) is 4.61. The average molecular weight is 202 g/mol. The van der Waals surface area contributed by atoms with Gasteiger partial charge in [-0.25, -0.2) is 0 Å². The number of carbonyl (C=O) groups excluding carboxylic acids is 1. The van der Waals surface area contributed by atoms with E-state index in [0.29, 0.717) is 0 Å². The molecule has 0 saturated heterocycles. The van der Waals surface area contributed by atoms with Crippen molar-refractivity contribution < 1.29 is 4.79 Å². The van der Waals surface area contributed by atoms with Crippen LogP contribution in [0.5, 0.6) is 0 Å². The summed E-state index contributed by atoms with van der Waals surface area (Å²) in [7, 11) is 0. The van der Waals surface area contributed by atoms with E-state index in [-0.39, 0.29) is 19.8 Å². The molecule has 1 rings (SSSR count). The summed E-state index contributed by atoms with van der Waals surface area (Å²) >= 11 is -0.318. The molecule has 0 atom stereocenters. The normalized spacial score (nSPS) is 9.20. The monoisotopic (exact) mass is 203 g/mol. The zero-order chi connectivity index (χ0) is 7.40. The van der Waals surface area contributed by atoms with Crippen molar-refractivity contribution in [3.8, 4) is 0 Å². The second-order valence-electron chi connectivity index (χ2n) is 1.50. The van der Waals surface area contributed by atoms with Crippen LogP contribution in [-0.4, -0.2) is 29.7 Å². The Morgan fingerprint density at radius 2 is 2.10 bits per heavy atom. The summed E-state index contributed by atoms with van der Waals surface area (Å²) in [5.74, 6) is 0. The molecule has 5 heteroatoms. The third-order valence-electron chi connectivity index (χ3n) is 0.755. The van der Waals surface area contributed by atoms with Crippen LogP contribution in [0.25, 0.3) is 0 Å². The molecule has 0 aromatic carbocycles. The van der Waals surface area contributed by atoms with Crippen molar-refractivity contribution in [1.82, 2.24) is 9.97 Å². The number of amides is 1. The quantitative estimate of drug-likeness (QED) is 0.618. The minimum absolute atomic E-state index is 0.303. The molecule has 1 amide bonds. The van der Waals surface area contributed by atoms with Gasteiger partial charge in [-0.2, -0.15) is 0 Å². The molecule has 0 fully saturated rings. The van der Waals surface area contributed by atoms with E-state index in [0.717, 1.165) is 4.46 Å². The van der Waals surface area contributed by atoms with Crippen molar-refractivity contribution in [3.05, 3.63) is 18.7 Å². The summed E-state index contributed by atoms with van der Waals surface area (Å²) in [6, 6.07) is 0. The summed E-state index contributed by atoms with van der Waals surface area (Å²) < 4.78 is 0.808. The Labute approximate surface area is 64.0 Å². The number of primary amides is 1.